The number of rotatable bonds is 9. The Morgan fingerprint density at radius 1 is 0.944 bits per heavy atom. The number of carbonyl (C=O) groups is 2. The number of aryl methyl sites for hydroxylation is 2. The molecule has 0 heterocycles. The topological polar surface area (TPSA) is 86.8 Å². The van der Waals surface area contributed by atoms with Crippen molar-refractivity contribution in [2.75, 3.05) is 17.9 Å². The molecule has 2 amide bonds. The number of benzene rings is 3. The number of amides is 2. The van der Waals surface area contributed by atoms with Gasteiger partial charge in [-0.25, -0.2) is 8.42 Å². The number of anilines is 1. The molecule has 0 radical (unpaired) electrons. The van der Waals surface area contributed by atoms with Gasteiger partial charge < -0.3 is 10.2 Å². The molecule has 1 atom stereocenters. The second-order valence-electron chi connectivity index (χ2n) is 8.54. The normalized spacial score (nSPS) is 12.0. The maximum absolute atomic E-state index is 13.7. The van der Waals surface area contributed by atoms with E-state index in [2.05, 4.69) is 5.32 Å². The van der Waals surface area contributed by atoms with Gasteiger partial charge in [0.25, 0.3) is 10.0 Å². The van der Waals surface area contributed by atoms with Crippen molar-refractivity contribution in [2.24, 2.45) is 0 Å². The largest absolute Gasteiger partial charge is 0.357 e. The number of sulfonamides is 1. The first-order chi connectivity index (χ1) is 17.0. The van der Waals surface area contributed by atoms with Crippen molar-refractivity contribution in [3.05, 3.63) is 94.5 Å². The van der Waals surface area contributed by atoms with E-state index in [1.54, 1.807) is 43.3 Å². The van der Waals surface area contributed by atoms with E-state index >= 15 is 0 Å². The van der Waals surface area contributed by atoms with Crippen LogP contribution >= 0.6 is 11.6 Å². The summed E-state index contributed by atoms with van der Waals surface area (Å²) in [6, 6.07) is 19.4. The third-order valence-corrected chi connectivity index (χ3v) is 8.06. The van der Waals surface area contributed by atoms with Crippen molar-refractivity contribution < 1.29 is 18.0 Å². The predicted octanol–water partition coefficient (Wildman–Crippen LogP) is 4.32. The van der Waals surface area contributed by atoms with Crippen molar-refractivity contribution in [1.82, 2.24) is 10.2 Å². The van der Waals surface area contributed by atoms with Crippen LogP contribution < -0.4 is 9.62 Å². The number of hydrogen-bond acceptors (Lipinski definition) is 4. The Hall–Kier alpha value is -3.36. The Morgan fingerprint density at radius 2 is 1.56 bits per heavy atom. The van der Waals surface area contributed by atoms with Gasteiger partial charge in [-0.15, -0.1) is 0 Å². The van der Waals surface area contributed by atoms with Gasteiger partial charge in [-0.05, 0) is 68.3 Å². The molecule has 0 fully saturated rings. The van der Waals surface area contributed by atoms with Gasteiger partial charge in [-0.2, -0.15) is 0 Å². The summed E-state index contributed by atoms with van der Waals surface area (Å²) >= 11 is 6.03. The van der Waals surface area contributed by atoms with Gasteiger partial charge in [-0.3, -0.25) is 13.9 Å². The molecule has 3 aromatic carbocycles. The fourth-order valence-corrected chi connectivity index (χ4v) is 5.28. The quantitative estimate of drug-likeness (QED) is 0.449. The number of carbonyl (C=O) groups excluding carboxylic acids is 2. The van der Waals surface area contributed by atoms with Crippen molar-refractivity contribution in [2.45, 2.75) is 38.3 Å². The molecule has 0 aromatic heterocycles. The Balaban J connectivity index is 2.03. The number of nitrogens with zero attached hydrogens (tertiary/aromatic N) is 2. The minimum Gasteiger partial charge on any atom is -0.357 e. The molecule has 36 heavy (non-hydrogen) atoms. The van der Waals surface area contributed by atoms with Crippen LogP contribution in [0, 0.1) is 13.8 Å². The molecule has 3 aromatic rings. The fraction of sp³-hybridized carbons (Fsp3) is 0.259. The summed E-state index contributed by atoms with van der Waals surface area (Å²) in [6.45, 7) is 5.06. The maximum Gasteiger partial charge on any atom is 0.264 e. The number of halogens is 1. The molecule has 3 rings (SSSR count). The highest BCUT2D eigenvalue weighted by Crippen LogP contribution is 2.26. The van der Waals surface area contributed by atoms with Crippen LogP contribution in [0.25, 0.3) is 0 Å². The van der Waals surface area contributed by atoms with Gasteiger partial charge in [0.1, 0.15) is 12.6 Å². The third kappa shape index (κ3) is 6.25. The van der Waals surface area contributed by atoms with E-state index in [1.165, 1.54) is 24.1 Å². The van der Waals surface area contributed by atoms with Crippen LogP contribution in [0.5, 0.6) is 0 Å². The van der Waals surface area contributed by atoms with E-state index < -0.39 is 28.5 Å². The molecule has 0 bridgehead atoms. The van der Waals surface area contributed by atoms with Crippen LogP contribution in [0.15, 0.2) is 77.7 Å². The predicted molar refractivity (Wildman–Crippen MR) is 142 cm³/mol. The minimum atomic E-state index is -4.10. The number of nitrogens with one attached hydrogen (secondary N) is 1. The summed E-state index contributed by atoms with van der Waals surface area (Å²) in [5.74, 6) is -0.864. The van der Waals surface area contributed by atoms with Crippen molar-refractivity contribution in [1.29, 1.82) is 0 Å². The standard InChI is InChI=1S/C27H30ClN3O4S/c1-19-9-15-25(16-10-19)36(34,35)31(24-13-11-23(28)12-14-24)18-26(32)30(21(3)27(33)29-4)17-22-8-6-5-7-20(22)2/h5-16,21H,17-18H2,1-4H3,(H,29,33)/t21-/m0/s1. The highest BCUT2D eigenvalue weighted by atomic mass is 35.5. The molecular weight excluding hydrogens is 498 g/mol. The number of likely N-dealkylation sites (N-methyl/N-ethyl adjacent to an activating group) is 1. The first-order valence-electron chi connectivity index (χ1n) is 11.4. The second kappa shape index (κ2) is 11.6. The molecule has 1 N–H and O–H groups in total. The van der Waals surface area contributed by atoms with E-state index in [1.807, 2.05) is 38.1 Å². The van der Waals surface area contributed by atoms with E-state index in [0.717, 1.165) is 21.0 Å². The molecule has 9 heteroatoms. The van der Waals surface area contributed by atoms with Crippen molar-refractivity contribution >= 4 is 39.1 Å². The molecule has 0 aliphatic carbocycles. The van der Waals surface area contributed by atoms with Gasteiger partial charge in [0, 0.05) is 18.6 Å². The monoisotopic (exact) mass is 527 g/mol. The lowest BCUT2D eigenvalue weighted by Gasteiger charge is -2.32. The van der Waals surface area contributed by atoms with E-state index in [0.29, 0.717) is 5.02 Å². The van der Waals surface area contributed by atoms with Crippen LogP contribution in [-0.2, 0) is 26.2 Å². The van der Waals surface area contributed by atoms with Gasteiger partial charge in [0.2, 0.25) is 11.8 Å². The maximum atomic E-state index is 13.7. The first-order valence-corrected chi connectivity index (χ1v) is 13.3. The summed E-state index contributed by atoms with van der Waals surface area (Å²) in [5, 5.41) is 3.01. The zero-order chi connectivity index (χ0) is 26.5. The van der Waals surface area contributed by atoms with Gasteiger partial charge in [0.15, 0.2) is 0 Å². The van der Waals surface area contributed by atoms with Crippen LogP contribution in [0.3, 0.4) is 0 Å². The van der Waals surface area contributed by atoms with Gasteiger partial charge in [0.05, 0.1) is 10.6 Å². The average molecular weight is 528 g/mol. The average Bonchev–Trinajstić information content (AvgIpc) is 2.86. The Kier molecular flexibility index (Phi) is 8.76. The Labute approximate surface area is 217 Å². The minimum absolute atomic E-state index is 0.0562. The van der Waals surface area contributed by atoms with Crippen molar-refractivity contribution in [3.8, 4) is 0 Å². The number of hydrogen-bond donors (Lipinski definition) is 1. The van der Waals surface area contributed by atoms with Crippen LogP contribution in [0.1, 0.15) is 23.6 Å². The second-order valence-corrected chi connectivity index (χ2v) is 10.8. The molecule has 0 unspecified atom stereocenters. The molecule has 0 saturated heterocycles. The highest BCUT2D eigenvalue weighted by Gasteiger charge is 2.32. The summed E-state index contributed by atoms with van der Waals surface area (Å²) in [5.41, 5.74) is 3.02. The molecule has 0 aliphatic heterocycles. The molecule has 0 aliphatic rings. The van der Waals surface area contributed by atoms with Gasteiger partial charge >= 0.3 is 0 Å². The molecular formula is C27H30ClN3O4S. The summed E-state index contributed by atoms with van der Waals surface area (Å²) in [7, 11) is -2.61. The molecule has 0 saturated carbocycles. The summed E-state index contributed by atoms with van der Waals surface area (Å²) < 4.78 is 28.5. The molecule has 190 valence electrons. The molecule has 7 nitrogen and oxygen atoms in total. The summed E-state index contributed by atoms with van der Waals surface area (Å²) in [6.07, 6.45) is 0. The molecule has 0 spiro atoms. The van der Waals surface area contributed by atoms with Crippen LogP contribution in [-0.4, -0.2) is 44.8 Å². The lowest BCUT2D eigenvalue weighted by molar-refractivity contribution is -0.139. The highest BCUT2D eigenvalue weighted by molar-refractivity contribution is 7.92. The van der Waals surface area contributed by atoms with E-state index in [9.17, 15) is 18.0 Å². The van der Waals surface area contributed by atoms with Crippen molar-refractivity contribution in [3.63, 3.8) is 0 Å². The zero-order valence-corrected chi connectivity index (χ0v) is 22.3. The smallest absolute Gasteiger partial charge is 0.264 e. The van der Waals surface area contributed by atoms with Gasteiger partial charge in [-0.1, -0.05) is 53.6 Å². The lowest BCUT2D eigenvalue weighted by atomic mass is 10.1. The Bertz CT molecular complexity index is 1330. The summed E-state index contributed by atoms with van der Waals surface area (Å²) in [4.78, 5) is 27.7. The fourth-order valence-electron chi connectivity index (χ4n) is 3.74. The van der Waals surface area contributed by atoms with E-state index in [-0.39, 0.29) is 23.0 Å². The third-order valence-electron chi connectivity index (χ3n) is 6.02. The Morgan fingerprint density at radius 3 is 2.14 bits per heavy atom. The lowest BCUT2D eigenvalue weighted by Crippen LogP contribution is -2.50. The zero-order valence-electron chi connectivity index (χ0n) is 20.7. The van der Waals surface area contributed by atoms with Crippen LogP contribution in [0.4, 0.5) is 5.69 Å². The van der Waals surface area contributed by atoms with E-state index in [4.69, 9.17) is 11.6 Å². The first kappa shape index (κ1) is 27.2. The van der Waals surface area contributed by atoms with Crippen LogP contribution in [0.2, 0.25) is 5.02 Å². The SMILES string of the molecule is CNC(=O)[C@H](C)N(Cc1ccccc1C)C(=O)CN(c1ccc(Cl)cc1)S(=O)(=O)c1ccc(C)cc1.